The molecule has 0 saturated carbocycles. The number of benzene rings is 1. The molecule has 0 unspecified atom stereocenters. The fourth-order valence-corrected chi connectivity index (χ4v) is 5.53. The standard InChI is InChI=1S/C23H31N5/c1-2-27-13-10-23(16-27)11-14-28(15-12-23)21-19-9-5-7-17-6-3-4-8-18(17)20(19)25-22(24)26-21/h3-4,6,8H,2,5,7,9-16H2,1H3,(H2,24,25,26). The van der Waals surface area contributed by atoms with Gasteiger partial charge in [-0.15, -0.1) is 0 Å². The van der Waals surface area contributed by atoms with Crippen LogP contribution >= 0.6 is 0 Å². The summed E-state index contributed by atoms with van der Waals surface area (Å²) in [6.45, 7) is 8.17. The molecule has 5 heteroatoms. The minimum atomic E-state index is 0.406. The molecule has 1 spiro atoms. The molecular formula is C23H31N5. The van der Waals surface area contributed by atoms with Gasteiger partial charge in [0.25, 0.3) is 0 Å². The molecule has 28 heavy (non-hydrogen) atoms. The fraction of sp³-hybridized carbons (Fsp3) is 0.565. The summed E-state index contributed by atoms with van der Waals surface area (Å²) >= 11 is 0. The molecule has 148 valence electrons. The monoisotopic (exact) mass is 377 g/mol. The zero-order valence-corrected chi connectivity index (χ0v) is 17.0. The van der Waals surface area contributed by atoms with Gasteiger partial charge in [-0.2, -0.15) is 4.98 Å². The molecule has 2 saturated heterocycles. The number of aryl methyl sites for hydroxylation is 1. The lowest BCUT2D eigenvalue weighted by Crippen LogP contribution is -2.42. The first-order chi connectivity index (χ1) is 13.7. The van der Waals surface area contributed by atoms with Gasteiger partial charge in [-0.1, -0.05) is 31.2 Å². The first-order valence-electron chi connectivity index (χ1n) is 10.9. The maximum Gasteiger partial charge on any atom is 0.222 e. The number of piperidine rings is 1. The summed E-state index contributed by atoms with van der Waals surface area (Å²) in [5.74, 6) is 1.50. The summed E-state index contributed by atoms with van der Waals surface area (Å²) in [6, 6.07) is 8.65. The van der Waals surface area contributed by atoms with Crippen LogP contribution in [-0.4, -0.2) is 47.6 Å². The van der Waals surface area contributed by atoms with E-state index in [4.69, 9.17) is 15.7 Å². The highest BCUT2D eigenvalue weighted by molar-refractivity contribution is 5.74. The molecule has 0 atom stereocenters. The van der Waals surface area contributed by atoms with Crippen LogP contribution < -0.4 is 10.6 Å². The third kappa shape index (κ3) is 3.06. The molecule has 2 aromatic rings. The summed E-state index contributed by atoms with van der Waals surface area (Å²) in [5, 5.41) is 0. The van der Waals surface area contributed by atoms with E-state index in [0.717, 1.165) is 43.9 Å². The normalized spacial score (nSPS) is 21.4. The third-order valence-electron chi connectivity index (χ3n) is 7.24. The molecule has 1 aromatic heterocycles. The SMILES string of the molecule is CCN1CCC2(CCN(c3nc(N)nc4c3CCCc3ccccc3-4)CC2)C1. The lowest BCUT2D eigenvalue weighted by Gasteiger charge is -2.40. The molecule has 5 nitrogen and oxygen atoms in total. The average molecular weight is 378 g/mol. The molecule has 5 rings (SSSR count). The van der Waals surface area contributed by atoms with Crippen molar-refractivity contribution < 1.29 is 0 Å². The highest BCUT2D eigenvalue weighted by Crippen LogP contribution is 2.43. The maximum atomic E-state index is 6.19. The van der Waals surface area contributed by atoms with E-state index >= 15 is 0 Å². The van der Waals surface area contributed by atoms with Gasteiger partial charge < -0.3 is 15.5 Å². The number of hydrogen-bond acceptors (Lipinski definition) is 5. The number of rotatable bonds is 2. The zero-order valence-electron chi connectivity index (χ0n) is 17.0. The van der Waals surface area contributed by atoms with Gasteiger partial charge in [-0.25, -0.2) is 4.98 Å². The molecule has 2 fully saturated rings. The van der Waals surface area contributed by atoms with Crippen LogP contribution in [0.1, 0.15) is 43.7 Å². The smallest absolute Gasteiger partial charge is 0.222 e. The van der Waals surface area contributed by atoms with Crippen molar-refractivity contribution in [1.82, 2.24) is 14.9 Å². The second-order valence-corrected chi connectivity index (χ2v) is 8.85. The predicted molar refractivity (Wildman–Crippen MR) is 115 cm³/mol. The summed E-state index contributed by atoms with van der Waals surface area (Å²) in [4.78, 5) is 14.6. The largest absolute Gasteiger partial charge is 0.368 e. The van der Waals surface area contributed by atoms with Crippen molar-refractivity contribution >= 4 is 11.8 Å². The lowest BCUT2D eigenvalue weighted by molar-refractivity contribution is 0.212. The first-order valence-corrected chi connectivity index (χ1v) is 10.9. The third-order valence-corrected chi connectivity index (χ3v) is 7.24. The Kier molecular flexibility index (Phi) is 4.50. The second kappa shape index (κ2) is 7.03. The molecular weight excluding hydrogens is 346 g/mol. The molecule has 0 radical (unpaired) electrons. The van der Waals surface area contributed by atoms with E-state index in [0.29, 0.717) is 11.4 Å². The first kappa shape index (κ1) is 17.9. The van der Waals surface area contributed by atoms with Gasteiger partial charge in [0.05, 0.1) is 5.69 Å². The summed E-state index contributed by atoms with van der Waals surface area (Å²) < 4.78 is 0. The quantitative estimate of drug-likeness (QED) is 0.868. The van der Waals surface area contributed by atoms with Gasteiger partial charge in [-0.05, 0) is 62.6 Å². The van der Waals surface area contributed by atoms with Crippen LogP contribution in [0, 0.1) is 5.41 Å². The van der Waals surface area contributed by atoms with Crippen molar-refractivity contribution in [2.75, 3.05) is 43.4 Å². The molecule has 1 aromatic carbocycles. The van der Waals surface area contributed by atoms with E-state index in [1.54, 1.807) is 0 Å². The number of aromatic nitrogens is 2. The average Bonchev–Trinajstić information content (AvgIpc) is 3.02. The van der Waals surface area contributed by atoms with Crippen molar-refractivity contribution in [3.8, 4) is 11.3 Å². The van der Waals surface area contributed by atoms with Crippen LogP contribution in [0.4, 0.5) is 11.8 Å². The van der Waals surface area contributed by atoms with E-state index in [2.05, 4.69) is 41.0 Å². The number of nitrogens with two attached hydrogens (primary N) is 1. The maximum absolute atomic E-state index is 6.19. The van der Waals surface area contributed by atoms with Crippen LogP contribution in [0.2, 0.25) is 0 Å². The van der Waals surface area contributed by atoms with E-state index in [9.17, 15) is 0 Å². The van der Waals surface area contributed by atoms with Gasteiger partial charge in [0.15, 0.2) is 0 Å². The van der Waals surface area contributed by atoms with Crippen molar-refractivity contribution in [3.05, 3.63) is 35.4 Å². The molecule has 0 amide bonds. The Bertz CT molecular complexity index is 869. The van der Waals surface area contributed by atoms with Gasteiger partial charge in [0.1, 0.15) is 5.82 Å². The van der Waals surface area contributed by atoms with E-state index in [1.165, 1.54) is 55.6 Å². The van der Waals surface area contributed by atoms with Gasteiger partial charge in [0.2, 0.25) is 5.95 Å². The van der Waals surface area contributed by atoms with E-state index < -0.39 is 0 Å². The Morgan fingerprint density at radius 2 is 1.82 bits per heavy atom. The Hall–Kier alpha value is -2.14. The molecule has 3 aliphatic rings. The van der Waals surface area contributed by atoms with E-state index in [-0.39, 0.29) is 0 Å². The number of anilines is 2. The summed E-state index contributed by atoms with van der Waals surface area (Å²) in [6.07, 6.45) is 7.16. The number of hydrogen-bond donors (Lipinski definition) is 1. The van der Waals surface area contributed by atoms with Crippen molar-refractivity contribution in [1.29, 1.82) is 0 Å². The van der Waals surface area contributed by atoms with Crippen LogP contribution in [-0.2, 0) is 12.8 Å². The Morgan fingerprint density at radius 3 is 2.61 bits per heavy atom. The minimum Gasteiger partial charge on any atom is -0.368 e. The Morgan fingerprint density at radius 1 is 1.04 bits per heavy atom. The van der Waals surface area contributed by atoms with Crippen LogP contribution in [0.25, 0.3) is 11.3 Å². The summed E-state index contributed by atoms with van der Waals surface area (Å²) in [5.41, 5.74) is 11.7. The van der Waals surface area contributed by atoms with Crippen LogP contribution in [0.3, 0.4) is 0 Å². The number of nitrogen functional groups attached to an aromatic ring is 1. The molecule has 0 bridgehead atoms. The molecule has 2 N–H and O–H groups in total. The van der Waals surface area contributed by atoms with Crippen molar-refractivity contribution in [2.45, 2.75) is 45.4 Å². The van der Waals surface area contributed by atoms with Gasteiger partial charge >= 0.3 is 0 Å². The zero-order chi connectivity index (χ0) is 19.1. The van der Waals surface area contributed by atoms with E-state index in [1.807, 2.05) is 0 Å². The number of nitrogens with zero attached hydrogens (tertiary/aromatic N) is 4. The molecule has 3 heterocycles. The van der Waals surface area contributed by atoms with Crippen molar-refractivity contribution in [3.63, 3.8) is 0 Å². The number of fused-ring (bicyclic) bond motifs is 3. The second-order valence-electron chi connectivity index (χ2n) is 8.85. The predicted octanol–water partition coefficient (Wildman–Crippen LogP) is 3.53. The van der Waals surface area contributed by atoms with Crippen LogP contribution in [0.5, 0.6) is 0 Å². The highest BCUT2D eigenvalue weighted by atomic mass is 15.2. The minimum absolute atomic E-state index is 0.406. The molecule has 1 aliphatic carbocycles. The lowest BCUT2D eigenvalue weighted by atomic mass is 9.77. The molecule has 2 aliphatic heterocycles. The van der Waals surface area contributed by atoms with Gasteiger partial charge in [-0.3, -0.25) is 0 Å². The Labute approximate surface area is 168 Å². The van der Waals surface area contributed by atoms with Gasteiger partial charge in [0, 0.05) is 30.8 Å². The fourth-order valence-electron chi connectivity index (χ4n) is 5.53. The topological polar surface area (TPSA) is 58.3 Å². The van der Waals surface area contributed by atoms with Crippen molar-refractivity contribution in [2.24, 2.45) is 5.41 Å². The Balaban J connectivity index is 1.46. The number of likely N-dealkylation sites (tertiary alicyclic amines) is 1. The van der Waals surface area contributed by atoms with Crippen LogP contribution in [0.15, 0.2) is 24.3 Å². The highest BCUT2D eigenvalue weighted by Gasteiger charge is 2.40. The summed E-state index contributed by atoms with van der Waals surface area (Å²) in [7, 11) is 0.